The number of aryl methyl sites for hydroxylation is 1. The van der Waals surface area contributed by atoms with Crippen LogP contribution in [0.2, 0.25) is 0 Å². The maximum Gasteiger partial charge on any atom is 0.217 e. The Morgan fingerprint density at radius 1 is 0.851 bits per heavy atom. The molecule has 248 valence electrons. The summed E-state index contributed by atoms with van der Waals surface area (Å²) in [7, 11) is 10.0. The van der Waals surface area contributed by atoms with Gasteiger partial charge in [0.1, 0.15) is 17.1 Å². The van der Waals surface area contributed by atoms with Crippen molar-refractivity contribution in [2.24, 2.45) is 0 Å². The van der Waals surface area contributed by atoms with Gasteiger partial charge in [0.05, 0.1) is 47.0 Å². The molecule has 0 saturated heterocycles. The highest BCUT2D eigenvalue weighted by atomic mass is 79.9. The van der Waals surface area contributed by atoms with Crippen LogP contribution < -0.4 is 23.7 Å². The number of aromatic nitrogens is 2. The molecule has 2 unspecified atom stereocenters. The SMILES string of the molecule is COc1ccc(CN(C)CCC(O)(c2cc(OC)nc(OC)c2)C(c2ccc(C)s2)c2cc3cc(Br)ccc3nc2OC)c(OC)c1. The predicted molar refractivity (Wildman–Crippen MR) is 189 cm³/mol. The van der Waals surface area contributed by atoms with Gasteiger partial charge in [-0.3, -0.25) is 0 Å². The summed E-state index contributed by atoms with van der Waals surface area (Å²) in [5, 5.41) is 14.3. The number of thiophene rings is 1. The van der Waals surface area contributed by atoms with E-state index < -0.39 is 11.5 Å². The average molecular weight is 723 g/mol. The Kier molecular flexibility index (Phi) is 10.9. The van der Waals surface area contributed by atoms with Gasteiger partial charge in [0.2, 0.25) is 17.6 Å². The number of halogens is 1. The topological polar surface area (TPSA) is 95.4 Å². The van der Waals surface area contributed by atoms with Crippen LogP contribution in [0.25, 0.3) is 10.9 Å². The molecule has 1 N–H and O–H groups in total. The van der Waals surface area contributed by atoms with Gasteiger partial charge in [0.15, 0.2) is 0 Å². The highest BCUT2D eigenvalue weighted by Crippen LogP contribution is 2.50. The van der Waals surface area contributed by atoms with E-state index >= 15 is 0 Å². The molecule has 9 nitrogen and oxygen atoms in total. The molecule has 3 aromatic heterocycles. The third-order valence-electron chi connectivity index (χ3n) is 8.30. The monoisotopic (exact) mass is 721 g/mol. The Morgan fingerprint density at radius 2 is 1.60 bits per heavy atom. The van der Waals surface area contributed by atoms with E-state index in [1.807, 2.05) is 43.4 Å². The first-order valence-electron chi connectivity index (χ1n) is 15.0. The van der Waals surface area contributed by atoms with Gasteiger partial charge in [0.25, 0.3) is 0 Å². The van der Waals surface area contributed by atoms with Crippen molar-refractivity contribution >= 4 is 38.2 Å². The summed E-state index contributed by atoms with van der Waals surface area (Å²) in [5.41, 5.74) is 1.66. The van der Waals surface area contributed by atoms with Gasteiger partial charge in [-0.1, -0.05) is 22.0 Å². The maximum absolute atomic E-state index is 13.3. The molecule has 0 saturated carbocycles. The standard InChI is InChI=1S/C36H40BrN3O6S/c1-22-8-13-31(47-22)34(28-17-24-16-26(37)10-12-29(24)38-35(28)46-7)36(41,25-18-32(44-5)39-33(19-25)45-6)14-15-40(2)21-23-9-11-27(42-3)20-30(23)43-4/h8-13,16-20,34,41H,14-15,21H2,1-7H3. The number of rotatable bonds is 14. The molecule has 5 aromatic rings. The average Bonchev–Trinajstić information content (AvgIpc) is 3.51. The fraction of sp³-hybridized carbons (Fsp3) is 0.333. The van der Waals surface area contributed by atoms with E-state index in [-0.39, 0.29) is 0 Å². The molecule has 0 amide bonds. The minimum Gasteiger partial charge on any atom is -0.497 e. The Hall–Kier alpha value is -3.90. The van der Waals surface area contributed by atoms with Crippen molar-refractivity contribution < 1.29 is 28.8 Å². The largest absolute Gasteiger partial charge is 0.497 e. The van der Waals surface area contributed by atoms with Gasteiger partial charge < -0.3 is 33.7 Å². The summed E-state index contributed by atoms with van der Waals surface area (Å²) in [6.45, 7) is 3.17. The lowest BCUT2D eigenvalue weighted by molar-refractivity contribution is 0.00209. The number of pyridine rings is 2. The number of ether oxygens (including phenoxy) is 5. The lowest BCUT2D eigenvalue weighted by Crippen LogP contribution is -2.38. The number of nitrogens with zero attached hydrogens (tertiary/aromatic N) is 3. The smallest absolute Gasteiger partial charge is 0.217 e. The fourth-order valence-corrected chi connectivity index (χ4v) is 7.34. The minimum atomic E-state index is -1.49. The van der Waals surface area contributed by atoms with Gasteiger partial charge in [-0.15, -0.1) is 11.3 Å². The van der Waals surface area contributed by atoms with Gasteiger partial charge in [-0.05, 0) is 68.4 Å². The van der Waals surface area contributed by atoms with Crippen LogP contribution >= 0.6 is 27.3 Å². The van der Waals surface area contributed by atoms with Crippen LogP contribution in [-0.4, -0.2) is 69.1 Å². The normalized spacial score (nSPS) is 13.3. The van der Waals surface area contributed by atoms with Gasteiger partial charge in [0, 0.05) is 62.0 Å². The molecule has 2 atom stereocenters. The van der Waals surface area contributed by atoms with Crippen molar-refractivity contribution in [2.75, 3.05) is 49.1 Å². The number of aliphatic hydroxyl groups is 1. The van der Waals surface area contributed by atoms with Crippen LogP contribution in [0, 0.1) is 6.92 Å². The van der Waals surface area contributed by atoms with E-state index in [0.29, 0.717) is 42.7 Å². The molecule has 0 spiro atoms. The van der Waals surface area contributed by atoms with Crippen molar-refractivity contribution in [2.45, 2.75) is 31.4 Å². The van der Waals surface area contributed by atoms with Crippen LogP contribution in [0.3, 0.4) is 0 Å². The predicted octanol–water partition coefficient (Wildman–Crippen LogP) is 7.35. The highest BCUT2D eigenvalue weighted by molar-refractivity contribution is 9.10. The van der Waals surface area contributed by atoms with E-state index in [0.717, 1.165) is 47.8 Å². The molecule has 11 heteroatoms. The Bertz CT molecular complexity index is 1830. The van der Waals surface area contributed by atoms with E-state index in [1.165, 1.54) is 0 Å². The van der Waals surface area contributed by atoms with Crippen LogP contribution in [-0.2, 0) is 12.1 Å². The fourth-order valence-electron chi connectivity index (χ4n) is 5.88. The molecule has 0 aliphatic carbocycles. The second kappa shape index (κ2) is 14.9. The molecule has 0 radical (unpaired) electrons. The molecule has 5 rings (SSSR count). The second-order valence-corrected chi connectivity index (χ2v) is 13.6. The van der Waals surface area contributed by atoms with Crippen molar-refractivity contribution in [1.82, 2.24) is 14.9 Å². The van der Waals surface area contributed by atoms with Crippen molar-refractivity contribution in [3.63, 3.8) is 0 Å². The Labute approximate surface area is 288 Å². The summed E-state index contributed by atoms with van der Waals surface area (Å²) in [6, 6.07) is 21.5. The quantitative estimate of drug-likeness (QED) is 0.126. The first kappa shape index (κ1) is 34.4. The number of benzene rings is 2. The van der Waals surface area contributed by atoms with E-state index in [2.05, 4.69) is 50.9 Å². The van der Waals surface area contributed by atoms with Crippen molar-refractivity contribution in [3.05, 3.63) is 97.6 Å². The lowest BCUT2D eigenvalue weighted by Gasteiger charge is -2.38. The van der Waals surface area contributed by atoms with Gasteiger partial charge in [-0.2, -0.15) is 4.98 Å². The van der Waals surface area contributed by atoms with Crippen LogP contribution in [0.15, 0.2) is 71.2 Å². The third kappa shape index (κ3) is 7.49. The molecular formula is C36H40BrN3O6S. The van der Waals surface area contributed by atoms with E-state index in [4.69, 9.17) is 28.7 Å². The zero-order valence-corrected chi connectivity index (χ0v) is 30.1. The third-order valence-corrected chi connectivity index (χ3v) is 9.86. The van der Waals surface area contributed by atoms with Gasteiger partial charge >= 0.3 is 0 Å². The molecule has 0 aliphatic rings. The number of hydrogen-bond acceptors (Lipinski definition) is 10. The van der Waals surface area contributed by atoms with Crippen LogP contribution in [0.1, 0.15) is 38.8 Å². The summed E-state index contributed by atoms with van der Waals surface area (Å²) < 4.78 is 29.1. The number of methoxy groups -OCH3 is 5. The second-order valence-electron chi connectivity index (χ2n) is 11.3. The summed E-state index contributed by atoms with van der Waals surface area (Å²) in [6.07, 6.45) is 0.333. The summed E-state index contributed by atoms with van der Waals surface area (Å²) in [5.74, 6) is 2.00. The molecular weight excluding hydrogens is 682 g/mol. The maximum atomic E-state index is 13.3. The number of hydrogen-bond donors (Lipinski definition) is 1. The van der Waals surface area contributed by atoms with Crippen LogP contribution in [0.4, 0.5) is 0 Å². The van der Waals surface area contributed by atoms with Crippen LogP contribution in [0.5, 0.6) is 29.1 Å². The van der Waals surface area contributed by atoms with E-state index in [9.17, 15) is 5.11 Å². The highest BCUT2D eigenvalue weighted by Gasteiger charge is 2.44. The van der Waals surface area contributed by atoms with Crippen molar-refractivity contribution in [3.8, 4) is 29.1 Å². The number of fused-ring (bicyclic) bond motifs is 1. The molecule has 0 fully saturated rings. The zero-order chi connectivity index (χ0) is 33.7. The van der Waals surface area contributed by atoms with Crippen molar-refractivity contribution in [1.29, 1.82) is 0 Å². The molecule has 3 heterocycles. The van der Waals surface area contributed by atoms with Gasteiger partial charge in [-0.25, -0.2) is 4.98 Å². The first-order chi connectivity index (χ1) is 22.6. The minimum absolute atomic E-state index is 0.333. The first-order valence-corrected chi connectivity index (χ1v) is 16.7. The zero-order valence-electron chi connectivity index (χ0n) is 27.7. The lowest BCUT2D eigenvalue weighted by atomic mass is 9.74. The summed E-state index contributed by atoms with van der Waals surface area (Å²) >= 11 is 5.24. The Balaban J connectivity index is 1.66. The van der Waals surface area contributed by atoms with E-state index in [1.54, 1.807) is 59.0 Å². The molecule has 0 aliphatic heterocycles. The molecule has 0 bridgehead atoms. The summed E-state index contributed by atoms with van der Waals surface area (Å²) in [4.78, 5) is 13.6. The molecule has 47 heavy (non-hydrogen) atoms. The Morgan fingerprint density at radius 3 is 2.21 bits per heavy atom. The molecule has 2 aromatic carbocycles.